The topological polar surface area (TPSA) is 130 Å². The Morgan fingerprint density at radius 1 is 0.811 bits per heavy atom. The Hall–Kier alpha value is -4.79. The van der Waals surface area contributed by atoms with Crippen molar-refractivity contribution in [1.29, 1.82) is 0 Å². The van der Waals surface area contributed by atoms with Gasteiger partial charge in [0.1, 0.15) is 40.1 Å². The first-order chi connectivity index (χ1) is 17.9. The van der Waals surface area contributed by atoms with Gasteiger partial charge in [0.2, 0.25) is 0 Å². The Balaban J connectivity index is 1.68. The van der Waals surface area contributed by atoms with E-state index in [1.54, 1.807) is 30.3 Å². The number of hydrogen-bond donors (Lipinski definition) is 3. The molecule has 0 fully saturated rings. The normalized spacial score (nSPS) is 11.1. The van der Waals surface area contributed by atoms with E-state index in [-0.39, 0.29) is 47.1 Å². The minimum absolute atomic E-state index is 0.0276. The SMILES string of the molecule is COc1cc(CCC(=O)c2cc(O)ccc2O)c(OC)c(N=Nc2cc(OC)c3ccccc3c2O)c1. The standard InChI is InChI=1S/C28H26N2O7/c1-35-18-12-16(8-10-24(32)21-13-17(31)9-11-25(21)33)28(37-3)23(14-18)30-29-22-15-26(36-2)19-6-4-5-7-20(19)27(22)34/h4-7,9,11-15,31,33-34H,8,10H2,1-3H3. The van der Waals surface area contributed by atoms with Gasteiger partial charge >= 0.3 is 0 Å². The Morgan fingerprint density at radius 3 is 2.24 bits per heavy atom. The second-order valence-corrected chi connectivity index (χ2v) is 8.16. The smallest absolute Gasteiger partial charge is 0.167 e. The molecular weight excluding hydrogens is 476 g/mol. The molecule has 0 saturated carbocycles. The van der Waals surface area contributed by atoms with Crippen LogP contribution in [0.5, 0.6) is 34.5 Å². The lowest BCUT2D eigenvalue weighted by Crippen LogP contribution is -2.03. The summed E-state index contributed by atoms with van der Waals surface area (Å²) in [5, 5.41) is 40.3. The van der Waals surface area contributed by atoms with E-state index >= 15 is 0 Å². The number of Topliss-reactive ketones (excluding diaryl/α,β-unsaturated/α-hetero) is 1. The molecule has 37 heavy (non-hydrogen) atoms. The van der Waals surface area contributed by atoms with E-state index < -0.39 is 0 Å². The summed E-state index contributed by atoms with van der Waals surface area (Å²) in [6, 6.07) is 16.0. The molecule has 0 aliphatic carbocycles. The lowest BCUT2D eigenvalue weighted by Gasteiger charge is -2.13. The number of phenols is 3. The molecule has 0 aromatic heterocycles. The summed E-state index contributed by atoms with van der Waals surface area (Å²) in [5.74, 6) is 0.669. The van der Waals surface area contributed by atoms with E-state index in [1.807, 2.05) is 12.1 Å². The molecule has 0 spiro atoms. The van der Waals surface area contributed by atoms with Crippen molar-refractivity contribution in [2.45, 2.75) is 12.8 Å². The summed E-state index contributed by atoms with van der Waals surface area (Å²) in [6.07, 6.45) is 0.269. The zero-order valence-electron chi connectivity index (χ0n) is 20.6. The average Bonchev–Trinajstić information content (AvgIpc) is 2.92. The number of carbonyl (C=O) groups excluding carboxylic acids is 1. The van der Waals surface area contributed by atoms with Crippen molar-refractivity contribution in [1.82, 2.24) is 0 Å². The molecule has 0 radical (unpaired) electrons. The lowest BCUT2D eigenvalue weighted by atomic mass is 10.0. The van der Waals surface area contributed by atoms with Crippen LogP contribution < -0.4 is 14.2 Å². The van der Waals surface area contributed by atoms with Gasteiger partial charge in [-0.2, -0.15) is 0 Å². The van der Waals surface area contributed by atoms with Crippen LogP contribution >= 0.6 is 0 Å². The number of aryl methyl sites for hydroxylation is 1. The van der Waals surface area contributed by atoms with Gasteiger partial charge in [-0.25, -0.2) is 0 Å². The van der Waals surface area contributed by atoms with Gasteiger partial charge in [0.15, 0.2) is 11.5 Å². The highest BCUT2D eigenvalue weighted by atomic mass is 16.5. The third-order valence-electron chi connectivity index (χ3n) is 5.90. The first-order valence-electron chi connectivity index (χ1n) is 11.4. The minimum Gasteiger partial charge on any atom is -0.508 e. The Kier molecular flexibility index (Phi) is 7.43. The average molecular weight is 503 g/mol. The molecule has 0 amide bonds. The number of hydrogen-bond acceptors (Lipinski definition) is 9. The van der Waals surface area contributed by atoms with Gasteiger partial charge in [-0.1, -0.05) is 24.3 Å². The first kappa shape index (κ1) is 25.3. The fourth-order valence-electron chi connectivity index (χ4n) is 4.05. The van der Waals surface area contributed by atoms with E-state index in [2.05, 4.69) is 10.2 Å². The Labute approximate surface area is 213 Å². The van der Waals surface area contributed by atoms with Gasteiger partial charge in [0.05, 0.1) is 26.9 Å². The van der Waals surface area contributed by atoms with Gasteiger partial charge in [0.25, 0.3) is 0 Å². The summed E-state index contributed by atoms with van der Waals surface area (Å²) >= 11 is 0. The van der Waals surface area contributed by atoms with Gasteiger partial charge in [0, 0.05) is 34.9 Å². The van der Waals surface area contributed by atoms with Crippen molar-refractivity contribution in [2.75, 3.05) is 21.3 Å². The van der Waals surface area contributed by atoms with E-state index in [1.165, 1.54) is 39.5 Å². The maximum Gasteiger partial charge on any atom is 0.167 e. The largest absolute Gasteiger partial charge is 0.508 e. The fourth-order valence-corrected chi connectivity index (χ4v) is 4.05. The monoisotopic (exact) mass is 502 g/mol. The quantitative estimate of drug-likeness (QED) is 0.141. The predicted octanol–water partition coefficient (Wildman–Crippen LogP) is 6.21. The van der Waals surface area contributed by atoms with E-state index in [0.29, 0.717) is 33.9 Å². The van der Waals surface area contributed by atoms with Crippen molar-refractivity contribution < 1.29 is 34.3 Å². The number of ether oxygens (including phenoxy) is 3. The van der Waals surface area contributed by atoms with Crippen molar-refractivity contribution in [2.24, 2.45) is 10.2 Å². The molecule has 4 aromatic rings. The molecule has 4 aromatic carbocycles. The molecule has 0 aliphatic rings. The number of aromatic hydroxyl groups is 3. The van der Waals surface area contributed by atoms with Crippen LogP contribution in [0.4, 0.5) is 11.4 Å². The molecule has 190 valence electrons. The molecule has 9 nitrogen and oxygen atoms in total. The molecule has 0 bridgehead atoms. The number of benzene rings is 4. The lowest BCUT2D eigenvalue weighted by molar-refractivity contribution is 0.0979. The highest BCUT2D eigenvalue weighted by molar-refractivity contribution is 5.99. The van der Waals surface area contributed by atoms with Crippen LogP contribution in [0.25, 0.3) is 10.8 Å². The summed E-state index contributed by atoms with van der Waals surface area (Å²) in [5.41, 5.74) is 1.19. The highest BCUT2D eigenvalue weighted by Gasteiger charge is 2.18. The fraction of sp³-hybridized carbons (Fsp3) is 0.179. The molecule has 9 heteroatoms. The van der Waals surface area contributed by atoms with Gasteiger partial charge in [-0.3, -0.25) is 4.79 Å². The van der Waals surface area contributed by atoms with Crippen LogP contribution in [-0.2, 0) is 6.42 Å². The number of carbonyl (C=O) groups is 1. The number of methoxy groups -OCH3 is 3. The third-order valence-corrected chi connectivity index (χ3v) is 5.90. The molecular formula is C28H26N2O7. The number of azo groups is 1. The maximum atomic E-state index is 12.7. The Bertz CT molecular complexity index is 1500. The van der Waals surface area contributed by atoms with E-state index in [9.17, 15) is 20.1 Å². The third kappa shape index (κ3) is 5.25. The van der Waals surface area contributed by atoms with Crippen LogP contribution in [0.2, 0.25) is 0 Å². The highest BCUT2D eigenvalue weighted by Crippen LogP contribution is 2.43. The van der Waals surface area contributed by atoms with Crippen LogP contribution in [0.15, 0.2) is 70.9 Å². The van der Waals surface area contributed by atoms with Gasteiger partial charge in [-0.15, -0.1) is 10.2 Å². The second-order valence-electron chi connectivity index (χ2n) is 8.16. The number of nitrogens with zero attached hydrogens (tertiary/aromatic N) is 2. The minimum atomic E-state index is -0.352. The van der Waals surface area contributed by atoms with Crippen LogP contribution in [0.3, 0.4) is 0 Å². The molecule has 0 heterocycles. The van der Waals surface area contributed by atoms with Crippen LogP contribution in [0, 0.1) is 0 Å². The number of ketones is 1. The molecule has 0 atom stereocenters. The van der Waals surface area contributed by atoms with Gasteiger partial charge in [-0.05, 0) is 30.7 Å². The van der Waals surface area contributed by atoms with Crippen molar-refractivity contribution in [3.05, 3.63) is 71.8 Å². The zero-order chi connectivity index (χ0) is 26.5. The van der Waals surface area contributed by atoms with Crippen molar-refractivity contribution in [3.63, 3.8) is 0 Å². The van der Waals surface area contributed by atoms with Gasteiger partial charge < -0.3 is 29.5 Å². The zero-order valence-corrected chi connectivity index (χ0v) is 20.6. The maximum absolute atomic E-state index is 12.7. The van der Waals surface area contributed by atoms with Crippen LogP contribution in [0.1, 0.15) is 22.3 Å². The van der Waals surface area contributed by atoms with E-state index in [0.717, 1.165) is 5.39 Å². The molecule has 0 saturated heterocycles. The van der Waals surface area contributed by atoms with Crippen molar-refractivity contribution in [3.8, 4) is 34.5 Å². The second kappa shape index (κ2) is 10.9. The molecule has 4 rings (SSSR count). The Morgan fingerprint density at radius 2 is 1.54 bits per heavy atom. The predicted molar refractivity (Wildman–Crippen MR) is 138 cm³/mol. The summed E-state index contributed by atoms with van der Waals surface area (Å²) in [4.78, 5) is 12.7. The first-order valence-corrected chi connectivity index (χ1v) is 11.4. The molecule has 0 unspecified atom stereocenters. The number of rotatable bonds is 9. The summed E-state index contributed by atoms with van der Waals surface area (Å²) in [6.45, 7) is 0. The molecule has 3 N–H and O–H groups in total. The number of phenolic OH excluding ortho intramolecular Hbond substituents is 3. The molecule has 0 aliphatic heterocycles. The summed E-state index contributed by atoms with van der Waals surface area (Å²) < 4.78 is 16.5. The van der Waals surface area contributed by atoms with Crippen LogP contribution in [-0.4, -0.2) is 42.4 Å². The summed E-state index contributed by atoms with van der Waals surface area (Å²) in [7, 11) is 4.52. The number of fused-ring (bicyclic) bond motifs is 1. The van der Waals surface area contributed by atoms with Crippen molar-refractivity contribution >= 4 is 27.9 Å². The van der Waals surface area contributed by atoms with E-state index in [4.69, 9.17) is 14.2 Å².